The number of carbonyl (C=O) groups is 3. The van der Waals surface area contributed by atoms with Gasteiger partial charge in [-0.05, 0) is 42.0 Å². The van der Waals surface area contributed by atoms with Gasteiger partial charge in [-0.15, -0.1) is 0 Å². The van der Waals surface area contributed by atoms with Crippen LogP contribution < -0.4 is 0 Å². The van der Waals surface area contributed by atoms with Gasteiger partial charge in [0.25, 0.3) is 11.7 Å². The van der Waals surface area contributed by atoms with Crippen molar-refractivity contribution in [1.82, 2.24) is 4.90 Å². The number of benzene rings is 2. The van der Waals surface area contributed by atoms with Gasteiger partial charge in [-0.2, -0.15) is 0 Å². The lowest BCUT2D eigenvalue weighted by Gasteiger charge is -2.23. The van der Waals surface area contributed by atoms with Gasteiger partial charge in [0, 0.05) is 16.6 Å². The minimum Gasteiger partial charge on any atom is -0.507 e. The smallest absolute Gasteiger partial charge is 0.335 e. The van der Waals surface area contributed by atoms with E-state index in [9.17, 15) is 19.5 Å². The highest BCUT2D eigenvalue weighted by Crippen LogP contribution is 2.40. The highest BCUT2D eigenvalue weighted by atomic mass is 79.9. The van der Waals surface area contributed by atoms with Crippen molar-refractivity contribution >= 4 is 39.3 Å². The molecule has 8 heteroatoms. The van der Waals surface area contributed by atoms with Gasteiger partial charge in [-0.1, -0.05) is 40.2 Å². The number of rotatable bonds is 5. The molecule has 2 heterocycles. The molecule has 2 aromatic carbocycles. The molecule has 7 nitrogen and oxygen atoms in total. The number of nitrogens with zero attached hydrogens (tertiary/aromatic N) is 1. The van der Waals surface area contributed by atoms with Gasteiger partial charge in [0.05, 0.1) is 17.4 Å². The molecular formula is C23H16BrNO6. The van der Waals surface area contributed by atoms with E-state index in [1.807, 2.05) is 0 Å². The first-order valence-corrected chi connectivity index (χ1v) is 10.1. The molecule has 1 aliphatic rings. The van der Waals surface area contributed by atoms with E-state index in [0.29, 0.717) is 16.9 Å². The minimum absolute atomic E-state index is 0.0347. The Morgan fingerprint density at radius 2 is 1.61 bits per heavy atom. The van der Waals surface area contributed by atoms with Gasteiger partial charge in [0.15, 0.2) is 0 Å². The van der Waals surface area contributed by atoms with E-state index in [1.165, 1.54) is 23.3 Å². The van der Waals surface area contributed by atoms with Crippen molar-refractivity contribution in [3.8, 4) is 0 Å². The first-order chi connectivity index (χ1) is 14.9. The quantitative estimate of drug-likeness (QED) is 0.318. The molecule has 156 valence electrons. The third-order valence-electron chi connectivity index (χ3n) is 5.02. The van der Waals surface area contributed by atoms with Gasteiger partial charge < -0.3 is 19.5 Å². The zero-order valence-electron chi connectivity index (χ0n) is 16.0. The lowest BCUT2D eigenvalue weighted by atomic mass is 9.99. The van der Waals surface area contributed by atoms with Crippen molar-refractivity contribution in [3.63, 3.8) is 0 Å². The fourth-order valence-electron chi connectivity index (χ4n) is 3.50. The van der Waals surface area contributed by atoms with Crippen LogP contribution in [0.15, 0.2) is 81.4 Å². The molecule has 1 aliphatic heterocycles. The Balaban J connectivity index is 1.77. The number of aliphatic hydroxyl groups is 1. The number of carboxylic acid groups (broad SMARTS) is 1. The molecule has 1 aromatic heterocycles. The fraction of sp³-hybridized carbons (Fsp3) is 0.0870. The number of aliphatic hydroxyl groups excluding tert-OH is 1. The largest absolute Gasteiger partial charge is 0.507 e. The number of likely N-dealkylation sites (tertiary alicyclic amines) is 1. The maximum absolute atomic E-state index is 12.9. The van der Waals surface area contributed by atoms with Crippen LogP contribution in [0.1, 0.15) is 33.3 Å². The maximum atomic E-state index is 12.9. The minimum atomic E-state index is -1.06. The first-order valence-electron chi connectivity index (χ1n) is 9.27. The molecule has 31 heavy (non-hydrogen) atoms. The third kappa shape index (κ3) is 3.89. The molecule has 1 atom stereocenters. The van der Waals surface area contributed by atoms with Crippen molar-refractivity contribution in [1.29, 1.82) is 0 Å². The Hall–Kier alpha value is -3.65. The number of hydrogen-bond acceptors (Lipinski definition) is 5. The molecule has 1 fully saturated rings. The monoisotopic (exact) mass is 481 g/mol. The SMILES string of the molecule is O=C1C(=O)N(Cc2ccc(C(=O)O)cc2)C(c2ccco2)/C1=C(/O)c1ccc(Br)cc1. The van der Waals surface area contributed by atoms with Crippen LogP contribution in [0.5, 0.6) is 0 Å². The lowest BCUT2D eigenvalue weighted by molar-refractivity contribution is -0.140. The van der Waals surface area contributed by atoms with Crippen LogP contribution in [0.25, 0.3) is 5.76 Å². The fourth-order valence-corrected chi connectivity index (χ4v) is 3.76. The molecule has 0 saturated carbocycles. The molecule has 0 aliphatic carbocycles. The summed E-state index contributed by atoms with van der Waals surface area (Å²) in [6.45, 7) is 0.0347. The van der Waals surface area contributed by atoms with Crippen molar-refractivity contribution in [2.75, 3.05) is 0 Å². The summed E-state index contributed by atoms with van der Waals surface area (Å²) >= 11 is 3.32. The summed E-state index contributed by atoms with van der Waals surface area (Å²) in [4.78, 5) is 38.2. The Morgan fingerprint density at radius 1 is 0.968 bits per heavy atom. The predicted octanol–water partition coefficient (Wildman–Crippen LogP) is 4.36. The van der Waals surface area contributed by atoms with Crippen molar-refractivity contribution in [2.24, 2.45) is 0 Å². The van der Waals surface area contributed by atoms with E-state index in [0.717, 1.165) is 4.47 Å². The Kier molecular flexibility index (Phi) is 5.48. The Morgan fingerprint density at radius 3 is 2.19 bits per heavy atom. The number of hydrogen-bond donors (Lipinski definition) is 2. The van der Waals surface area contributed by atoms with Gasteiger partial charge in [-0.3, -0.25) is 9.59 Å². The lowest BCUT2D eigenvalue weighted by Crippen LogP contribution is -2.29. The van der Waals surface area contributed by atoms with Crippen molar-refractivity contribution in [3.05, 3.63) is 99.4 Å². The second-order valence-corrected chi connectivity index (χ2v) is 7.87. The molecule has 4 rings (SSSR count). The molecule has 1 unspecified atom stereocenters. The number of Topliss-reactive ketones (excluding diaryl/α,β-unsaturated/α-hetero) is 1. The zero-order chi connectivity index (χ0) is 22.1. The van der Waals surface area contributed by atoms with Gasteiger partial charge in [0.1, 0.15) is 17.6 Å². The van der Waals surface area contributed by atoms with Crippen LogP contribution in [0, 0.1) is 0 Å². The van der Waals surface area contributed by atoms with Gasteiger partial charge >= 0.3 is 5.97 Å². The molecule has 3 aromatic rings. The summed E-state index contributed by atoms with van der Waals surface area (Å²) in [6.07, 6.45) is 1.43. The number of halogens is 1. The second-order valence-electron chi connectivity index (χ2n) is 6.95. The number of carboxylic acids is 1. The summed E-state index contributed by atoms with van der Waals surface area (Å²) in [5.74, 6) is -2.61. The summed E-state index contributed by atoms with van der Waals surface area (Å²) in [6, 6.07) is 15.1. The number of furan rings is 1. The number of carbonyl (C=O) groups excluding carboxylic acids is 2. The maximum Gasteiger partial charge on any atom is 0.335 e. The predicted molar refractivity (Wildman–Crippen MR) is 114 cm³/mol. The number of aromatic carboxylic acids is 1. The molecule has 0 bridgehead atoms. The summed E-state index contributed by atoms with van der Waals surface area (Å²) in [5.41, 5.74) is 1.07. The van der Waals surface area contributed by atoms with E-state index in [-0.39, 0.29) is 23.4 Å². The summed E-state index contributed by atoms with van der Waals surface area (Å²) in [5, 5.41) is 20.0. The molecule has 2 N–H and O–H groups in total. The van der Waals surface area contributed by atoms with Crippen LogP contribution in [0.2, 0.25) is 0 Å². The Bertz CT molecular complexity index is 1180. The first kappa shape index (κ1) is 20.6. The van der Waals surface area contributed by atoms with E-state index in [2.05, 4.69) is 15.9 Å². The number of amides is 1. The zero-order valence-corrected chi connectivity index (χ0v) is 17.6. The van der Waals surface area contributed by atoms with E-state index in [4.69, 9.17) is 9.52 Å². The average molecular weight is 482 g/mol. The molecule has 0 radical (unpaired) electrons. The second kappa shape index (κ2) is 8.23. The van der Waals surface area contributed by atoms with Crippen LogP contribution >= 0.6 is 15.9 Å². The molecular weight excluding hydrogens is 466 g/mol. The highest BCUT2D eigenvalue weighted by Gasteiger charge is 2.47. The number of ketones is 1. The van der Waals surface area contributed by atoms with Crippen LogP contribution in [0.4, 0.5) is 0 Å². The highest BCUT2D eigenvalue weighted by molar-refractivity contribution is 9.10. The average Bonchev–Trinajstić information content (AvgIpc) is 3.37. The molecule has 0 spiro atoms. The summed E-state index contributed by atoms with van der Waals surface area (Å²) < 4.78 is 6.29. The van der Waals surface area contributed by atoms with Crippen LogP contribution in [0.3, 0.4) is 0 Å². The normalized spacial score (nSPS) is 17.8. The van der Waals surface area contributed by atoms with Crippen LogP contribution in [-0.4, -0.2) is 32.8 Å². The van der Waals surface area contributed by atoms with E-state index in [1.54, 1.807) is 48.5 Å². The Labute approximate surface area is 185 Å². The third-order valence-corrected chi connectivity index (χ3v) is 5.55. The van der Waals surface area contributed by atoms with Crippen molar-refractivity contribution < 1.29 is 29.0 Å². The van der Waals surface area contributed by atoms with E-state index >= 15 is 0 Å². The van der Waals surface area contributed by atoms with Crippen LogP contribution in [-0.2, 0) is 16.1 Å². The van der Waals surface area contributed by atoms with Gasteiger partial charge in [0.2, 0.25) is 0 Å². The standard InChI is InChI=1S/C23H16BrNO6/c24-16-9-7-14(8-10-16)20(26)18-19(17-2-1-11-31-17)25(22(28)21(18)27)12-13-3-5-15(6-4-13)23(29)30/h1-11,19,26H,12H2,(H,29,30)/b20-18-. The van der Waals surface area contributed by atoms with Crippen molar-refractivity contribution in [2.45, 2.75) is 12.6 Å². The topological polar surface area (TPSA) is 108 Å². The van der Waals surface area contributed by atoms with Gasteiger partial charge in [-0.25, -0.2) is 4.79 Å². The molecule has 1 saturated heterocycles. The summed E-state index contributed by atoms with van der Waals surface area (Å²) in [7, 11) is 0. The molecule has 1 amide bonds. The van der Waals surface area contributed by atoms with E-state index < -0.39 is 23.7 Å².